The van der Waals surface area contributed by atoms with E-state index in [9.17, 15) is 13.2 Å². The Bertz CT molecular complexity index is 1020. The number of benzene rings is 2. The molecule has 2 aromatic carbocycles. The maximum atomic E-state index is 12.6. The van der Waals surface area contributed by atoms with E-state index >= 15 is 0 Å². The van der Waals surface area contributed by atoms with Crippen molar-refractivity contribution in [3.05, 3.63) is 42.0 Å². The van der Waals surface area contributed by atoms with Crippen molar-refractivity contribution in [2.75, 3.05) is 39.4 Å². The molecular weight excluding hydrogens is 410 g/mol. The second-order valence-corrected chi connectivity index (χ2v) is 8.82. The number of ether oxygens (including phenoxy) is 3. The summed E-state index contributed by atoms with van der Waals surface area (Å²) in [7, 11) is -0.790. The Morgan fingerprint density at radius 3 is 2.63 bits per heavy atom. The van der Waals surface area contributed by atoms with Gasteiger partial charge in [0, 0.05) is 26.3 Å². The molecule has 0 fully saturated rings. The average Bonchev–Trinajstić information content (AvgIpc) is 3.19. The number of nitrogens with zero attached hydrogens (tertiary/aromatic N) is 1. The van der Waals surface area contributed by atoms with Gasteiger partial charge in [0.1, 0.15) is 10.6 Å². The summed E-state index contributed by atoms with van der Waals surface area (Å²) in [5, 5.41) is 5.75. The molecule has 1 aliphatic rings. The minimum absolute atomic E-state index is 0.0139. The Hall–Kier alpha value is -2.98. The van der Waals surface area contributed by atoms with E-state index in [0.717, 1.165) is 9.87 Å². The normalized spacial score (nSPS) is 12.7. The second kappa shape index (κ2) is 9.23. The Morgan fingerprint density at radius 2 is 1.90 bits per heavy atom. The molecule has 0 atom stereocenters. The lowest BCUT2D eigenvalue weighted by Gasteiger charge is -2.17. The van der Waals surface area contributed by atoms with Gasteiger partial charge < -0.3 is 24.8 Å². The second-order valence-electron chi connectivity index (χ2n) is 6.70. The van der Waals surface area contributed by atoms with Gasteiger partial charge in [-0.05, 0) is 42.8 Å². The van der Waals surface area contributed by atoms with Crippen LogP contribution in [0, 0.1) is 0 Å². The van der Waals surface area contributed by atoms with Crippen LogP contribution < -0.4 is 24.8 Å². The van der Waals surface area contributed by atoms with Gasteiger partial charge in [-0.2, -0.15) is 0 Å². The lowest BCUT2D eigenvalue weighted by molar-refractivity contribution is -0.119. The molecule has 0 unspecified atom stereocenters. The molecule has 0 aliphatic carbocycles. The number of carbonyl (C=O) groups is 1. The first kappa shape index (κ1) is 21.7. The SMILES string of the molecule is CCOc1ccc(NCC(=O)NCc2ccc3c(c2)OCO3)cc1S(=O)(=O)N(C)C. The zero-order valence-corrected chi connectivity index (χ0v) is 17.9. The van der Waals surface area contributed by atoms with E-state index in [-0.39, 0.29) is 29.9 Å². The summed E-state index contributed by atoms with van der Waals surface area (Å²) in [6.45, 7) is 2.64. The monoisotopic (exact) mass is 435 g/mol. The Balaban J connectivity index is 1.61. The Morgan fingerprint density at radius 1 is 1.13 bits per heavy atom. The van der Waals surface area contributed by atoms with Crippen LogP contribution in [-0.4, -0.2) is 52.7 Å². The molecule has 0 bridgehead atoms. The van der Waals surface area contributed by atoms with Crippen LogP contribution in [0.3, 0.4) is 0 Å². The number of amides is 1. The third-order valence-electron chi connectivity index (χ3n) is 4.38. The summed E-state index contributed by atoms with van der Waals surface area (Å²) in [6.07, 6.45) is 0. The van der Waals surface area contributed by atoms with Crippen LogP contribution in [0.25, 0.3) is 0 Å². The fourth-order valence-corrected chi connectivity index (χ4v) is 3.84. The fraction of sp³-hybridized carbons (Fsp3) is 0.350. The number of fused-ring (bicyclic) bond motifs is 1. The number of hydrogen-bond acceptors (Lipinski definition) is 7. The maximum absolute atomic E-state index is 12.6. The lowest BCUT2D eigenvalue weighted by atomic mass is 10.2. The van der Waals surface area contributed by atoms with E-state index in [1.165, 1.54) is 20.2 Å². The van der Waals surface area contributed by atoms with E-state index in [1.807, 2.05) is 12.1 Å². The smallest absolute Gasteiger partial charge is 0.246 e. The van der Waals surface area contributed by atoms with E-state index < -0.39 is 10.0 Å². The summed E-state index contributed by atoms with van der Waals surface area (Å²) in [5.74, 6) is 1.37. The summed E-state index contributed by atoms with van der Waals surface area (Å²) >= 11 is 0. The van der Waals surface area contributed by atoms with Crippen LogP contribution >= 0.6 is 0 Å². The fourth-order valence-electron chi connectivity index (χ4n) is 2.79. The number of nitrogens with one attached hydrogen (secondary N) is 2. The van der Waals surface area contributed by atoms with Crippen LogP contribution in [0.15, 0.2) is 41.3 Å². The van der Waals surface area contributed by atoms with Gasteiger partial charge in [0.05, 0.1) is 13.2 Å². The van der Waals surface area contributed by atoms with Crippen molar-refractivity contribution >= 4 is 21.6 Å². The number of sulfonamides is 1. The molecule has 1 aliphatic heterocycles. The van der Waals surface area contributed by atoms with Gasteiger partial charge >= 0.3 is 0 Å². The van der Waals surface area contributed by atoms with Crippen molar-refractivity contribution in [1.29, 1.82) is 0 Å². The molecule has 2 aromatic rings. The first-order valence-electron chi connectivity index (χ1n) is 9.39. The van der Waals surface area contributed by atoms with Crippen LogP contribution in [0.5, 0.6) is 17.2 Å². The minimum atomic E-state index is -3.70. The topological polar surface area (TPSA) is 106 Å². The van der Waals surface area contributed by atoms with Crippen molar-refractivity contribution in [2.45, 2.75) is 18.4 Å². The molecule has 0 saturated carbocycles. The van der Waals surface area contributed by atoms with E-state index in [2.05, 4.69) is 10.6 Å². The molecule has 0 spiro atoms. The van der Waals surface area contributed by atoms with Crippen LogP contribution in [0.2, 0.25) is 0 Å². The van der Waals surface area contributed by atoms with E-state index in [0.29, 0.717) is 30.3 Å². The molecule has 10 heteroatoms. The molecule has 0 radical (unpaired) electrons. The van der Waals surface area contributed by atoms with Gasteiger partial charge in [-0.25, -0.2) is 12.7 Å². The zero-order valence-electron chi connectivity index (χ0n) is 17.1. The lowest BCUT2D eigenvalue weighted by Crippen LogP contribution is -2.29. The first-order valence-corrected chi connectivity index (χ1v) is 10.8. The first-order chi connectivity index (χ1) is 14.3. The predicted octanol–water partition coefficient (Wildman–Crippen LogP) is 1.79. The highest BCUT2D eigenvalue weighted by molar-refractivity contribution is 7.89. The molecule has 1 amide bonds. The minimum Gasteiger partial charge on any atom is -0.492 e. The molecule has 1 heterocycles. The third-order valence-corrected chi connectivity index (χ3v) is 6.22. The highest BCUT2D eigenvalue weighted by Gasteiger charge is 2.23. The van der Waals surface area contributed by atoms with Crippen LogP contribution in [0.1, 0.15) is 12.5 Å². The van der Waals surface area contributed by atoms with Gasteiger partial charge in [0.25, 0.3) is 0 Å². The summed E-state index contributed by atoms with van der Waals surface area (Å²) in [5.41, 5.74) is 1.38. The molecule has 30 heavy (non-hydrogen) atoms. The van der Waals surface area contributed by atoms with E-state index in [1.54, 1.807) is 25.1 Å². The number of rotatable bonds is 9. The Kier molecular flexibility index (Phi) is 6.68. The molecule has 3 rings (SSSR count). The van der Waals surface area contributed by atoms with Crippen molar-refractivity contribution in [2.24, 2.45) is 0 Å². The summed E-state index contributed by atoms with van der Waals surface area (Å²) in [6, 6.07) is 10.2. The van der Waals surface area contributed by atoms with Gasteiger partial charge in [-0.1, -0.05) is 6.07 Å². The van der Waals surface area contributed by atoms with Gasteiger partial charge in [-0.15, -0.1) is 0 Å². The van der Waals surface area contributed by atoms with Crippen molar-refractivity contribution in [3.63, 3.8) is 0 Å². The van der Waals surface area contributed by atoms with Gasteiger partial charge in [0.15, 0.2) is 11.5 Å². The number of anilines is 1. The van der Waals surface area contributed by atoms with Crippen molar-refractivity contribution < 1.29 is 27.4 Å². The summed E-state index contributed by atoms with van der Waals surface area (Å²) in [4.78, 5) is 12.2. The number of carbonyl (C=O) groups excluding carboxylic acids is 1. The molecule has 0 aromatic heterocycles. The van der Waals surface area contributed by atoms with Crippen molar-refractivity contribution in [3.8, 4) is 17.2 Å². The van der Waals surface area contributed by atoms with Gasteiger partial charge in [0.2, 0.25) is 22.7 Å². The molecular formula is C20H25N3O6S. The summed E-state index contributed by atoms with van der Waals surface area (Å²) < 4.78 is 42.3. The largest absolute Gasteiger partial charge is 0.492 e. The van der Waals surface area contributed by atoms with Crippen LogP contribution in [-0.2, 0) is 21.4 Å². The highest BCUT2D eigenvalue weighted by atomic mass is 32.2. The third kappa shape index (κ3) is 4.95. The average molecular weight is 436 g/mol. The van der Waals surface area contributed by atoms with Crippen LogP contribution in [0.4, 0.5) is 5.69 Å². The van der Waals surface area contributed by atoms with Gasteiger partial charge in [-0.3, -0.25) is 4.79 Å². The molecule has 9 nitrogen and oxygen atoms in total. The standard InChI is InChI=1S/C20H25N3O6S/c1-4-27-17-8-6-15(10-19(17)30(25,26)23(2)3)21-12-20(24)22-11-14-5-7-16-18(9-14)29-13-28-16/h5-10,21H,4,11-13H2,1-3H3,(H,22,24). The maximum Gasteiger partial charge on any atom is 0.246 e. The molecule has 0 saturated heterocycles. The number of hydrogen-bond donors (Lipinski definition) is 2. The quantitative estimate of drug-likeness (QED) is 0.619. The van der Waals surface area contributed by atoms with E-state index in [4.69, 9.17) is 14.2 Å². The highest BCUT2D eigenvalue weighted by Crippen LogP contribution is 2.32. The molecule has 162 valence electrons. The molecule has 2 N–H and O–H groups in total. The van der Waals surface area contributed by atoms with Crippen molar-refractivity contribution in [1.82, 2.24) is 9.62 Å². The Labute approximate surface area is 176 Å². The predicted molar refractivity (Wildman–Crippen MR) is 111 cm³/mol. The zero-order chi connectivity index (χ0) is 21.7.